The lowest BCUT2D eigenvalue weighted by molar-refractivity contribution is -0.122. The third-order valence-corrected chi connectivity index (χ3v) is 4.55. The van der Waals surface area contributed by atoms with Gasteiger partial charge in [-0.3, -0.25) is 4.79 Å². The molecule has 1 aliphatic rings. The molecule has 1 aliphatic carbocycles. The van der Waals surface area contributed by atoms with Gasteiger partial charge in [-0.1, -0.05) is 38.1 Å². The molecule has 0 radical (unpaired) electrons. The summed E-state index contributed by atoms with van der Waals surface area (Å²) < 4.78 is 0. The van der Waals surface area contributed by atoms with Gasteiger partial charge >= 0.3 is 0 Å². The average molecular weight is 288 g/mol. The van der Waals surface area contributed by atoms with Crippen LogP contribution in [0, 0.1) is 5.41 Å². The summed E-state index contributed by atoms with van der Waals surface area (Å²) in [6.07, 6.45) is 5.78. The molecule has 3 nitrogen and oxygen atoms in total. The Morgan fingerprint density at radius 1 is 1.33 bits per heavy atom. The summed E-state index contributed by atoms with van der Waals surface area (Å²) in [5, 5.41) is 3.22. The normalized spacial score (nSPS) is 18.1. The quantitative estimate of drug-likeness (QED) is 0.843. The fraction of sp³-hybridized carbons (Fsp3) is 0.611. The van der Waals surface area contributed by atoms with E-state index in [1.165, 1.54) is 11.1 Å². The van der Waals surface area contributed by atoms with Crippen molar-refractivity contribution >= 4 is 5.91 Å². The maximum atomic E-state index is 12.2. The summed E-state index contributed by atoms with van der Waals surface area (Å²) in [6, 6.07) is 8.67. The van der Waals surface area contributed by atoms with Gasteiger partial charge in [-0.15, -0.1) is 0 Å². The molecule has 0 aliphatic heterocycles. The molecular formula is C18H28N2O. The number of rotatable bonds is 6. The maximum Gasteiger partial charge on any atom is 0.220 e. The third-order valence-electron chi connectivity index (χ3n) is 4.55. The molecule has 0 bridgehead atoms. The molecule has 1 aromatic carbocycles. The zero-order chi connectivity index (χ0) is 15.3. The monoisotopic (exact) mass is 288 g/mol. The number of benzene rings is 1. The van der Waals surface area contributed by atoms with Crippen molar-refractivity contribution < 1.29 is 4.79 Å². The first-order valence-corrected chi connectivity index (χ1v) is 8.09. The standard InChI is InChI=1S/C18H28N2O/c1-18(2,12-13-19)11-10-17(21)20-16-9-5-7-14-6-3-4-8-15(14)16/h3-4,6,8,16H,5,7,9-13,19H2,1-2H3,(H,20,21). The largest absolute Gasteiger partial charge is 0.349 e. The van der Waals surface area contributed by atoms with Crippen molar-refractivity contribution in [1.82, 2.24) is 5.32 Å². The SMILES string of the molecule is CC(C)(CCN)CCC(=O)NC1CCCc2ccccc21. The van der Waals surface area contributed by atoms with E-state index in [9.17, 15) is 4.79 Å². The Hall–Kier alpha value is -1.35. The summed E-state index contributed by atoms with van der Waals surface area (Å²) in [6.45, 7) is 5.05. The predicted octanol–water partition coefficient (Wildman–Crippen LogP) is 3.34. The van der Waals surface area contributed by atoms with Crippen LogP contribution in [0.15, 0.2) is 24.3 Å². The second-order valence-corrected chi connectivity index (χ2v) is 6.91. The van der Waals surface area contributed by atoms with Gasteiger partial charge in [-0.25, -0.2) is 0 Å². The molecule has 1 aromatic rings. The minimum atomic E-state index is 0.149. The van der Waals surface area contributed by atoms with Crippen molar-refractivity contribution in [2.75, 3.05) is 6.54 Å². The molecule has 0 spiro atoms. The molecule has 0 saturated heterocycles. The first-order chi connectivity index (χ1) is 10.0. The van der Waals surface area contributed by atoms with Crippen LogP contribution in [0.2, 0.25) is 0 Å². The minimum absolute atomic E-state index is 0.149. The van der Waals surface area contributed by atoms with Crippen molar-refractivity contribution in [3.8, 4) is 0 Å². The van der Waals surface area contributed by atoms with Crippen molar-refractivity contribution in [2.45, 2.75) is 58.4 Å². The first-order valence-electron chi connectivity index (χ1n) is 8.09. The van der Waals surface area contributed by atoms with Crippen LogP contribution in [0.25, 0.3) is 0 Å². The first kappa shape index (κ1) is 16.0. The molecule has 1 amide bonds. The van der Waals surface area contributed by atoms with Crippen LogP contribution in [0.1, 0.15) is 63.1 Å². The molecule has 1 unspecified atom stereocenters. The zero-order valence-corrected chi connectivity index (χ0v) is 13.3. The number of nitrogens with two attached hydrogens (primary N) is 1. The van der Waals surface area contributed by atoms with Gasteiger partial charge < -0.3 is 11.1 Å². The highest BCUT2D eigenvalue weighted by Gasteiger charge is 2.23. The van der Waals surface area contributed by atoms with Gasteiger partial charge in [-0.2, -0.15) is 0 Å². The van der Waals surface area contributed by atoms with Gasteiger partial charge in [0.25, 0.3) is 0 Å². The highest BCUT2D eigenvalue weighted by Crippen LogP contribution is 2.30. The number of hydrogen-bond acceptors (Lipinski definition) is 2. The molecule has 21 heavy (non-hydrogen) atoms. The molecule has 3 heteroatoms. The van der Waals surface area contributed by atoms with Crippen molar-refractivity contribution in [3.05, 3.63) is 35.4 Å². The molecule has 1 atom stereocenters. The van der Waals surface area contributed by atoms with E-state index in [1.54, 1.807) is 0 Å². The van der Waals surface area contributed by atoms with E-state index >= 15 is 0 Å². The van der Waals surface area contributed by atoms with E-state index < -0.39 is 0 Å². The zero-order valence-electron chi connectivity index (χ0n) is 13.3. The van der Waals surface area contributed by atoms with E-state index in [1.807, 2.05) is 0 Å². The lowest BCUT2D eigenvalue weighted by atomic mass is 9.84. The summed E-state index contributed by atoms with van der Waals surface area (Å²) in [5.41, 5.74) is 8.46. The highest BCUT2D eigenvalue weighted by atomic mass is 16.1. The minimum Gasteiger partial charge on any atom is -0.349 e. The van der Waals surface area contributed by atoms with Crippen LogP contribution in [-0.2, 0) is 11.2 Å². The molecule has 116 valence electrons. The molecular weight excluding hydrogens is 260 g/mol. The summed E-state index contributed by atoms with van der Waals surface area (Å²) in [5.74, 6) is 0.168. The van der Waals surface area contributed by atoms with Crippen molar-refractivity contribution in [1.29, 1.82) is 0 Å². The summed E-state index contributed by atoms with van der Waals surface area (Å²) in [7, 11) is 0. The average Bonchev–Trinajstić information content (AvgIpc) is 2.46. The maximum absolute atomic E-state index is 12.2. The van der Waals surface area contributed by atoms with Gasteiger partial charge in [0.1, 0.15) is 0 Å². The van der Waals surface area contributed by atoms with Crippen LogP contribution in [-0.4, -0.2) is 12.5 Å². The van der Waals surface area contributed by atoms with E-state index in [0.29, 0.717) is 13.0 Å². The topological polar surface area (TPSA) is 55.1 Å². The second-order valence-electron chi connectivity index (χ2n) is 6.91. The van der Waals surface area contributed by atoms with Gasteiger partial charge in [0.15, 0.2) is 0 Å². The molecule has 0 heterocycles. The Bertz CT molecular complexity index is 482. The summed E-state index contributed by atoms with van der Waals surface area (Å²) in [4.78, 5) is 12.2. The lowest BCUT2D eigenvalue weighted by Crippen LogP contribution is -2.31. The molecule has 0 aromatic heterocycles. The van der Waals surface area contributed by atoms with Crippen LogP contribution in [0.5, 0.6) is 0 Å². The Kier molecular flexibility index (Phi) is 5.40. The van der Waals surface area contributed by atoms with E-state index in [4.69, 9.17) is 5.73 Å². The number of fused-ring (bicyclic) bond motifs is 1. The van der Waals surface area contributed by atoms with Gasteiger partial charge in [0.05, 0.1) is 6.04 Å². The Morgan fingerprint density at radius 2 is 2.10 bits per heavy atom. The number of aryl methyl sites for hydroxylation is 1. The molecule has 2 rings (SSSR count). The fourth-order valence-electron chi connectivity index (χ4n) is 3.14. The fourth-order valence-corrected chi connectivity index (χ4v) is 3.14. The Morgan fingerprint density at radius 3 is 2.86 bits per heavy atom. The second kappa shape index (κ2) is 7.08. The van der Waals surface area contributed by atoms with Gasteiger partial charge in [0, 0.05) is 6.42 Å². The predicted molar refractivity (Wildman–Crippen MR) is 87.0 cm³/mol. The number of nitrogens with one attached hydrogen (secondary N) is 1. The Balaban J connectivity index is 1.89. The number of amides is 1. The van der Waals surface area contributed by atoms with Crippen molar-refractivity contribution in [3.63, 3.8) is 0 Å². The van der Waals surface area contributed by atoms with Crippen molar-refractivity contribution in [2.24, 2.45) is 11.1 Å². The van der Waals surface area contributed by atoms with Gasteiger partial charge in [-0.05, 0) is 55.2 Å². The number of hydrogen-bond donors (Lipinski definition) is 2. The van der Waals surface area contributed by atoms with Crippen LogP contribution < -0.4 is 11.1 Å². The van der Waals surface area contributed by atoms with E-state index in [0.717, 1.165) is 32.1 Å². The van der Waals surface area contributed by atoms with Crippen LogP contribution in [0.3, 0.4) is 0 Å². The molecule has 0 fully saturated rings. The molecule has 0 saturated carbocycles. The van der Waals surface area contributed by atoms with E-state index in [-0.39, 0.29) is 17.4 Å². The number of carbonyl (C=O) groups excluding carboxylic acids is 1. The molecule has 3 N–H and O–H groups in total. The van der Waals surface area contributed by atoms with Crippen LogP contribution in [0.4, 0.5) is 0 Å². The third kappa shape index (κ3) is 4.57. The lowest BCUT2D eigenvalue weighted by Gasteiger charge is -2.27. The van der Waals surface area contributed by atoms with E-state index in [2.05, 4.69) is 43.4 Å². The smallest absolute Gasteiger partial charge is 0.220 e. The Labute approximate surface area is 128 Å². The summed E-state index contributed by atoms with van der Waals surface area (Å²) >= 11 is 0. The van der Waals surface area contributed by atoms with Crippen LogP contribution >= 0.6 is 0 Å². The van der Waals surface area contributed by atoms with Gasteiger partial charge in [0.2, 0.25) is 5.91 Å². The number of carbonyl (C=O) groups is 1. The highest BCUT2D eigenvalue weighted by molar-refractivity contribution is 5.76.